The van der Waals surface area contributed by atoms with E-state index in [0.717, 1.165) is 44.8 Å². The Kier molecular flexibility index (Phi) is 10.6. The first-order valence-electron chi connectivity index (χ1n) is 20.9. The Labute approximate surface area is 367 Å². The summed E-state index contributed by atoms with van der Waals surface area (Å²) >= 11 is 0. The Bertz CT molecular complexity index is 2860. The van der Waals surface area contributed by atoms with Gasteiger partial charge in [-0.1, -0.05) is 133 Å². The fourth-order valence-electron chi connectivity index (χ4n) is 8.64. The monoisotopic (exact) mass is 866 g/mol. The smallest absolute Gasteiger partial charge is 0.296 e. The number of nitrogens with zero attached hydrogens (tertiary/aromatic N) is 2. The van der Waals surface area contributed by atoms with Crippen LogP contribution in [0.5, 0.6) is 23.0 Å². The average molecular weight is 867 g/mol. The molecule has 2 heterocycles. The zero-order valence-electron chi connectivity index (χ0n) is 34.3. The number of phenolic OH excluding ortho intramolecular Hbond substituents is 2. The van der Waals surface area contributed by atoms with Crippen LogP contribution in [0.1, 0.15) is 22.3 Å². The van der Waals surface area contributed by atoms with E-state index in [0.29, 0.717) is 52.7 Å². The molecule has 2 aliphatic rings. The second-order valence-corrected chi connectivity index (χ2v) is 20.6. The molecular weight excluding hydrogens is 823 g/mol. The molecule has 2 unspecified atom stereocenters. The molecule has 63 heavy (non-hydrogen) atoms. The predicted molar refractivity (Wildman–Crippen MR) is 253 cm³/mol. The van der Waals surface area contributed by atoms with E-state index in [4.69, 9.17) is 9.05 Å². The largest absolute Gasteiger partial charge is 0.508 e. The number of anilines is 2. The number of rotatable bonds is 12. The van der Waals surface area contributed by atoms with Crippen LogP contribution in [0.2, 0.25) is 0 Å². The van der Waals surface area contributed by atoms with Crippen LogP contribution in [0.4, 0.5) is 11.4 Å². The van der Waals surface area contributed by atoms with E-state index in [2.05, 4.69) is 24.3 Å². The summed E-state index contributed by atoms with van der Waals surface area (Å²) in [4.78, 5) is 4.05. The highest BCUT2D eigenvalue weighted by Crippen LogP contribution is 2.57. The molecule has 10 heteroatoms. The maximum atomic E-state index is 15.0. The fraction of sp³-hybridized carbons (Fsp3) is 0.0943. The van der Waals surface area contributed by atoms with Crippen LogP contribution < -0.4 is 29.5 Å². The summed E-state index contributed by atoms with van der Waals surface area (Å²) in [7, 11) is -6.92. The molecule has 0 radical (unpaired) electrons. The molecule has 2 N–H and O–H groups in total. The third-order valence-corrected chi connectivity index (χ3v) is 16.5. The van der Waals surface area contributed by atoms with Gasteiger partial charge in [0.1, 0.15) is 35.6 Å². The number of aromatic hydroxyl groups is 2. The van der Waals surface area contributed by atoms with Gasteiger partial charge in [-0.3, -0.25) is 9.13 Å². The van der Waals surface area contributed by atoms with Crippen LogP contribution in [-0.4, -0.2) is 22.8 Å². The lowest BCUT2D eigenvalue weighted by molar-refractivity contribution is 0.466. The van der Waals surface area contributed by atoms with Crippen molar-refractivity contribution >= 4 is 36.7 Å². The Balaban J connectivity index is 0.917. The Hall–Kier alpha value is -6.98. The summed E-state index contributed by atoms with van der Waals surface area (Å²) in [6, 6.07) is 61.8. The van der Waals surface area contributed by atoms with Crippen LogP contribution in [0.25, 0.3) is 22.3 Å². The molecule has 0 aliphatic carbocycles. The third kappa shape index (κ3) is 8.00. The molecule has 0 bridgehead atoms. The molecular formula is C53H44N2O6P2. The predicted octanol–water partition coefficient (Wildman–Crippen LogP) is 11.9. The lowest BCUT2D eigenvalue weighted by Crippen LogP contribution is -2.30. The second kappa shape index (κ2) is 16.7. The molecule has 0 fully saturated rings. The van der Waals surface area contributed by atoms with Crippen molar-refractivity contribution in [3.05, 3.63) is 216 Å². The molecule has 8 nitrogen and oxygen atoms in total. The normalized spacial score (nSPS) is 16.9. The topological polar surface area (TPSA) is 99.5 Å². The van der Waals surface area contributed by atoms with Gasteiger partial charge in [0, 0.05) is 46.7 Å². The van der Waals surface area contributed by atoms with Gasteiger partial charge < -0.3 is 29.1 Å². The van der Waals surface area contributed by atoms with Gasteiger partial charge in [0.25, 0.3) is 14.7 Å². The molecule has 0 saturated carbocycles. The maximum absolute atomic E-state index is 15.0. The van der Waals surface area contributed by atoms with Crippen molar-refractivity contribution in [3.8, 4) is 45.3 Å². The van der Waals surface area contributed by atoms with Gasteiger partial charge in [-0.05, 0) is 89.3 Å². The zero-order chi connectivity index (χ0) is 43.0. The summed E-state index contributed by atoms with van der Waals surface area (Å²) in [5.41, 5.74) is 8.91. The van der Waals surface area contributed by atoms with E-state index >= 15 is 9.13 Å². The van der Waals surface area contributed by atoms with E-state index in [1.165, 1.54) is 0 Å². The van der Waals surface area contributed by atoms with Crippen LogP contribution in [0, 0.1) is 0 Å². The van der Waals surface area contributed by atoms with Crippen molar-refractivity contribution in [2.24, 2.45) is 0 Å². The summed E-state index contributed by atoms with van der Waals surface area (Å²) in [5, 5.41) is 23.0. The van der Waals surface area contributed by atoms with Crippen molar-refractivity contribution in [3.63, 3.8) is 0 Å². The molecule has 0 aromatic heterocycles. The standard InChI is InChI=1S/C53H44N2O6P2/c56-48-19-7-1-13-40(48)34-54(36-62(58)52-23-11-5-17-46(52)44-15-3-9-21-50(44)60-62)42-29-25-38(26-30-42)33-39-27-31-43(32-28-39)55(35-41-14-2-8-20-49(41)57)37-63(59)53-24-12-6-18-47(53)45-16-4-10-22-51(45)61-63/h1-32,56-57H,33-37H2. The van der Waals surface area contributed by atoms with E-state index in [1.54, 1.807) is 24.3 Å². The number of para-hydroxylation sites is 4. The Morgan fingerprint density at radius 1 is 0.397 bits per heavy atom. The lowest BCUT2D eigenvalue weighted by Gasteiger charge is -2.34. The minimum Gasteiger partial charge on any atom is -0.508 e. The highest BCUT2D eigenvalue weighted by atomic mass is 31.2. The number of hydrogen-bond acceptors (Lipinski definition) is 8. The van der Waals surface area contributed by atoms with Crippen LogP contribution in [0.3, 0.4) is 0 Å². The summed E-state index contributed by atoms with van der Waals surface area (Å²) in [5.74, 6) is 1.53. The van der Waals surface area contributed by atoms with Gasteiger partial charge in [-0.15, -0.1) is 0 Å². The van der Waals surface area contributed by atoms with E-state index in [1.807, 2.05) is 155 Å². The number of hydrogen-bond donors (Lipinski definition) is 2. The number of phenols is 2. The molecule has 0 amide bonds. The molecule has 0 saturated heterocycles. The van der Waals surface area contributed by atoms with E-state index in [-0.39, 0.29) is 24.1 Å². The van der Waals surface area contributed by atoms with E-state index < -0.39 is 14.7 Å². The highest BCUT2D eigenvalue weighted by molar-refractivity contribution is 7.68. The Morgan fingerprint density at radius 3 is 1.16 bits per heavy atom. The first-order chi connectivity index (χ1) is 30.7. The average Bonchev–Trinajstić information content (AvgIpc) is 3.31. The lowest BCUT2D eigenvalue weighted by atomic mass is 10.0. The highest BCUT2D eigenvalue weighted by Gasteiger charge is 2.39. The van der Waals surface area contributed by atoms with Gasteiger partial charge in [-0.2, -0.15) is 0 Å². The van der Waals surface area contributed by atoms with Gasteiger partial charge in [0.15, 0.2) is 0 Å². The summed E-state index contributed by atoms with van der Waals surface area (Å²) < 4.78 is 42.9. The molecule has 8 aromatic carbocycles. The quantitative estimate of drug-likeness (QED) is 0.117. The summed E-state index contributed by atoms with van der Waals surface area (Å²) in [6.07, 6.45) is 0.846. The SMILES string of the molecule is O=P1(CN(Cc2ccccc2O)c2ccc(Cc3ccc(N(Cc4ccccc4O)CP4(=O)Oc5ccccc5-c5ccccc54)cc3)cc2)Oc2ccccc2-c2ccccc21. The Morgan fingerprint density at radius 2 is 0.746 bits per heavy atom. The molecule has 0 spiro atoms. The van der Waals surface area contributed by atoms with Crippen LogP contribution in [-0.2, 0) is 28.6 Å². The molecule has 10 rings (SSSR count). The van der Waals surface area contributed by atoms with Gasteiger partial charge in [-0.25, -0.2) is 0 Å². The van der Waals surface area contributed by atoms with Gasteiger partial charge >= 0.3 is 0 Å². The first-order valence-corrected chi connectivity index (χ1v) is 24.5. The second-order valence-electron chi connectivity index (χ2n) is 16.0. The first kappa shape index (κ1) is 40.1. The number of fused-ring (bicyclic) bond motifs is 6. The van der Waals surface area contributed by atoms with Crippen molar-refractivity contribution in [2.45, 2.75) is 19.5 Å². The van der Waals surface area contributed by atoms with E-state index in [9.17, 15) is 10.2 Å². The number of benzene rings is 8. The van der Waals surface area contributed by atoms with Gasteiger partial charge in [0.2, 0.25) is 0 Å². The van der Waals surface area contributed by atoms with Gasteiger partial charge in [0.05, 0.1) is 10.6 Å². The van der Waals surface area contributed by atoms with Crippen molar-refractivity contribution in [2.75, 3.05) is 22.4 Å². The fourth-order valence-corrected chi connectivity index (χ4v) is 13.4. The molecule has 2 aliphatic heterocycles. The summed E-state index contributed by atoms with van der Waals surface area (Å²) in [6.45, 7) is 0.635. The molecule has 8 aromatic rings. The van der Waals surface area contributed by atoms with Crippen LogP contribution in [0.15, 0.2) is 194 Å². The third-order valence-electron chi connectivity index (χ3n) is 11.8. The minimum atomic E-state index is -3.46. The van der Waals surface area contributed by atoms with Crippen LogP contribution >= 0.6 is 14.7 Å². The molecule has 2 atom stereocenters. The molecule has 312 valence electrons. The van der Waals surface area contributed by atoms with Crippen molar-refractivity contribution in [1.29, 1.82) is 0 Å². The zero-order valence-corrected chi connectivity index (χ0v) is 36.1. The maximum Gasteiger partial charge on any atom is 0.296 e. The van der Waals surface area contributed by atoms with Crippen molar-refractivity contribution in [1.82, 2.24) is 0 Å². The minimum absolute atomic E-state index is 0.0980. The van der Waals surface area contributed by atoms with Crippen molar-refractivity contribution < 1.29 is 28.4 Å².